The second-order valence-corrected chi connectivity index (χ2v) is 5.76. The molecule has 11 heteroatoms. The molecule has 15 heavy (non-hydrogen) atoms. The molecular weight excluding hydrogens is 250 g/mol. The number of aliphatic imine (C=N–C) groups is 1. The Labute approximate surface area is 83.5 Å². The lowest BCUT2D eigenvalue weighted by molar-refractivity contribution is 0.348. The van der Waals surface area contributed by atoms with Crippen molar-refractivity contribution in [3.63, 3.8) is 0 Å². The van der Waals surface area contributed by atoms with Gasteiger partial charge >= 0.3 is 26.7 Å². The third-order valence-electron chi connectivity index (χ3n) is 1.14. The minimum atomic E-state index is -5.09. The van der Waals surface area contributed by atoms with E-state index in [4.69, 9.17) is 24.5 Å². The van der Waals surface area contributed by atoms with Crippen LogP contribution in [0.2, 0.25) is 0 Å². The summed E-state index contributed by atoms with van der Waals surface area (Å²) >= 11 is 0. The molecule has 5 N–H and O–H groups in total. The summed E-state index contributed by atoms with van der Waals surface area (Å²) in [5, 5.41) is -1.46. The fourth-order valence-corrected chi connectivity index (χ4v) is 2.50. The topological polar surface area (TPSA) is 157 Å². The van der Waals surface area contributed by atoms with Crippen molar-refractivity contribution in [2.75, 3.05) is 0 Å². The lowest BCUT2D eigenvalue weighted by atomic mass is 11.0. The van der Waals surface area contributed by atoms with E-state index in [2.05, 4.69) is 14.4 Å². The summed E-state index contributed by atoms with van der Waals surface area (Å²) in [7, 11) is -9.99. The Kier molecular flexibility index (Phi) is 3.37. The molecule has 0 aliphatic rings. The summed E-state index contributed by atoms with van der Waals surface area (Å²) < 4.78 is 15.2. The van der Waals surface area contributed by atoms with Crippen molar-refractivity contribution in [3.05, 3.63) is 12.5 Å². The number of hydrogen-bond acceptors (Lipinski definition) is 7. The van der Waals surface area contributed by atoms with E-state index in [1.54, 1.807) is 0 Å². The maximum absolute atomic E-state index is 10.7. The number of nitrogens with zero attached hydrogens (tertiary/aromatic N) is 2. The van der Waals surface area contributed by atoms with Gasteiger partial charge in [-0.1, -0.05) is 0 Å². The highest BCUT2D eigenvalue weighted by atomic mass is 31.3. The predicted octanol–water partition coefficient (Wildman–Crippen LogP) is -0.421. The molecule has 0 aliphatic carbocycles. The van der Waals surface area contributed by atoms with E-state index >= 15 is 0 Å². The van der Waals surface area contributed by atoms with Crippen LogP contribution in [-0.4, -0.2) is 34.6 Å². The van der Waals surface area contributed by atoms with Gasteiger partial charge in [-0.2, -0.15) is 14.7 Å². The van der Waals surface area contributed by atoms with E-state index in [-0.39, 0.29) is 0 Å². The lowest BCUT2D eigenvalue weighted by Crippen LogP contribution is -2.05. The Morgan fingerprint density at radius 1 is 1.47 bits per heavy atom. The van der Waals surface area contributed by atoms with Crippen LogP contribution in [0.3, 0.4) is 0 Å². The van der Waals surface area contributed by atoms with Crippen LogP contribution in [0.1, 0.15) is 0 Å². The Morgan fingerprint density at radius 3 is 2.40 bits per heavy atom. The molecule has 0 aromatic carbocycles. The number of oxazole rings is 1. The van der Waals surface area contributed by atoms with Gasteiger partial charge in [0.1, 0.15) is 6.26 Å². The van der Waals surface area contributed by atoms with E-state index < -0.39 is 26.7 Å². The molecule has 0 unspecified atom stereocenters. The second-order valence-electron chi connectivity index (χ2n) is 2.34. The minimum absolute atomic E-state index is 0.505. The fourth-order valence-electron chi connectivity index (χ4n) is 0.664. The summed E-state index contributed by atoms with van der Waals surface area (Å²) in [6.07, 6.45) is 2.19. The number of aromatic nitrogens is 1. The van der Waals surface area contributed by atoms with Gasteiger partial charge < -0.3 is 14.2 Å². The first kappa shape index (κ1) is 12.4. The van der Waals surface area contributed by atoms with Gasteiger partial charge in [-0.15, -0.1) is 4.99 Å². The van der Waals surface area contributed by atoms with Crippen LogP contribution < -0.4 is 0 Å². The van der Waals surface area contributed by atoms with Gasteiger partial charge in [0.25, 0.3) is 0 Å². The molecule has 0 radical (unpaired) electrons. The van der Waals surface area contributed by atoms with Gasteiger partial charge in [-0.3, -0.25) is 0 Å². The highest BCUT2D eigenvalue weighted by molar-refractivity contribution is 8.00. The Bertz CT molecular complexity index is 401. The van der Waals surface area contributed by atoms with Crippen LogP contribution >= 0.6 is 15.5 Å². The third-order valence-corrected chi connectivity index (χ3v) is 3.99. The van der Waals surface area contributed by atoms with Crippen molar-refractivity contribution >= 4 is 26.7 Å². The SMILES string of the molecule is O=P(O)(O)C(=Nc1ncco1)[P+](O)(O)O. The van der Waals surface area contributed by atoms with Gasteiger partial charge in [0.15, 0.2) is 0 Å². The molecule has 1 aromatic heterocycles. The van der Waals surface area contributed by atoms with E-state index in [1.807, 2.05) is 0 Å². The first-order valence-electron chi connectivity index (χ1n) is 3.33. The van der Waals surface area contributed by atoms with E-state index in [1.165, 1.54) is 0 Å². The summed E-state index contributed by atoms with van der Waals surface area (Å²) in [5.41, 5.74) is 0. The summed E-state index contributed by atoms with van der Waals surface area (Å²) in [6, 6.07) is -0.505. The van der Waals surface area contributed by atoms with Crippen molar-refractivity contribution in [1.29, 1.82) is 0 Å². The molecule has 1 rings (SSSR count). The molecular formula is C4H7N2O7P2+. The van der Waals surface area contributed by atoms with Crippen molar-refractivity contribution in [2.45, 2.75) is 0 Å². The van der Waals surface area contributed by atoms with Crippen molar-refractivity contribution in [1.82, 2.24) is 4.98 Å². The largest absolute Gasteiger partial charge is 0.470 e. The third kappa shape index (κ3) is 3.44. The molecule has 0 bridgehead atoms. The maximum Gasteiger partial charge on any atom is 0.470 e. The van der Waals surface area contributed by atoms with Crippen LogP contribution in [0, 0.1) is 0 Å². The number of hydrogen-bond donors (Lipinski definition) is 5. The monoisotopic (exact) mass is 257 g/mol. The molecule has 0 amide bonds. The smallest absolute Gasteiger partial charge is 0.431 e. The van der Waals surface area contributed by atoms with Gasteiger partial charge in [0.05, 0.1) is 6.20 Å². The average Bonchev–Trinajstić information content (AvgIpc) is 2.46. The summed E-state index contributed by atoms with van der Waals surface area (Å²) in [5.74, 6) is 0. The van der Waals surface area contributed by atoms with Crippen LogP contribution in [0.5, 0.6) is 0 Å². The maximum atomic E-state index is 10.7. The van der Waals surface area contributed by atoms with Gasteiger partial charge in [0, 0.05) is 0 Å². The zero-order valence-electron chi connectivity index (χ0n) is 7.00. The summed E-state index contributed by atoms with van der Waals surface area (Å²) in [4.78, 5) is 50.0. The van der Waals surface area contributed by atoms with Gasteiger partial charge in [-0.25, -0.2) is 9.55 Å². The zero-order valence-corrected chi connectivity index (χ0v) is 8.78. The van der Waals surface area contributed by atoms with Crippen LogP contribution in [0.15, 0.2) is 21.9 Å². The predicted molar refractivity (Wildman–Crippen MR) is 49.2 cm³/mol. The molecule has 1 heterocycles. The summed E-state index contributed by atoms with van der Waals surface area (Å²) in [6.45, 7) is 0. The molecule has 0 saturated carbocycles. The zero-order chi connectivity index (χ0) is 11.7. The average molecular weight is 257 g/mol. The molecule has 1 aromatic rings. The van der Waals surface area contributed by atoms with Crippen molar-refractivity contribution < 1.29 is 33.4 Å². The van der Waals surface area contributed by atoms with Crippen LogP contribution in [-0.2, 0) is 4.57 Å². The second kappa shape index (κ2) is 4.07. The molecule has 0 spiro atoms. The van der Waals surface area contributed by atoms with E-state index in [0.29, 0.717) is 0 Å². The molecule has 0 fully saturated rings. The normalized spacial score (nSPS) is 14.3. The van der Waals surface area contributed by atoms with Gasteiger partial charge in [-0.05, 0) is 0 Å². The molecule has 0 atom stereocenters. The first-order chi connectivity index (χ1) is 6.71. The standard InChI is InChI=1S/C4H6N2O7P2/c7-14(8,9)4(15(10,11)12)6-3-5-1-2-13-3/h1-2,7-9H,(H-,10,11,12)/p+1. The molecule has 9 nitrogen and oxygen atoms in total. The quantitative estimate of drug-likeness (QED) is 0.361. The highest BCUT2D eigenvalue weighted by Crippen LogP contribution is 2.60. The van der Waals surface area contributed by atoms with Crippen LogP contribution in [0.4, 0.5) is 6.01 Å². The van der Waals surface area contributed by atoms with E-state index in [0.717, 1.165) is 12.5 Å². The lowest BCUT2D eigenvalue weighted by Gasteiger charge is -2.06. The van der Waals surface area contributed by atoms with Crippen LogP contribution in [0.25, 0.3) is 0 Å². The first-order valence-corrected chi connectivity index (χ1v) is 6.59. The fraction of sp³-hybridized carbons (Fsp3) is 0. The minimum Gasteiger partial charge on any atom is -0.431 e. The Hall–Kier alpha value is -0.660. The van der Waals surface area contributed by atoms with Gasteiger partial charge in [0.2, 0.25) is 0 Å². The highest BCUT2D eigenvalue weighted by Gasteiger charge is 2.52. The molecule has 84 valence electrons. The van der Waals surface area contributed by atoms with E-state index in [9.17, 15) is 4.57 Å². The molecule has 0 saturated heterocycles. The number of rotatable bonds is 3. The Balaban J connectivity index is 3.20. The van der Waals surface area contributed by atoms with Crippen molar-refractivity contribution in [2.24, 2.45) is 4.99 Å². The molecule has 0 aliphatic heterocycles. The Morgan fingerprint density at radius 2 is 2.07 bits per heavy atom. The van der Waals surface area contributed by atoms with Crippen molar-refractivity contribution in [3.8, 4) is 0 Å².